The second kappa shape index (κ2) is 14.1. The first-order chi connectivity index (χ1) is 29.5. The highest BCUT2D eigenvalue weighted by molar-refractivity contribution is 6.11. The Kier molecular flexibility index (Phi) is 8.21. The standard InChI is InChI=1S/C54H36N6/c1-34-24-28-50-43(30-34)41-18-9-11-21-47(41)59(50)38-26-27-40(45(32-38)54-57-52(36-14-5-3-6-15-36)56-53(58-54)37-16-7-4-8-17-37)39-20-13-23-49(46(39)33-55)60-48-22-12-10-19-42(48)44-31-35(2)25-29-51(44)60/h3-32H,1-2H3. The number of aromatic nitrogens is 5. The SMILES string of the molecule is Cc1ccc2c(c1)c1ccccc1n2-c1ccc(-c2cccc(-n3c4ccccc4c4cc(C)ccc43)c2C#N)c(-c2nc(-c3ccccc3)nc(-c3ccccc3)n2)c1. The molecular weight excluding hydrogens is 733 g/mol. The van der Waals surface area contributed by atoms with E-state index in [9.17, 15) is 5.26 Å². The molecular formula is C54H36N6. The van der Waals surface area contributed by atoms with E-state index in [0.29, 0.717) is 23.0 Å². The van der Waals surface area contributed by atoms with Gasteiger partial charge in [-0.1, -0.05) is 139 Å². The summed E-state index contributed by atoms with van der Waals surface area (Å²) in [7, 11) is 0. The highest BCUT2D eigenvalue weighted by Crippen LogP contribution is 2.41. The van der Waals surface area contributed by atoms with Gasteiger partial charge in [-0.3, -0.25) is 0 Å². The summed E-state index contributed by atoms with van der Waals surface area (Å²) in [5, 5.41) is 15.9. The third kappa shape index (κ3) is 5.67. The predicted molar refractivity (Wildman–Crippen MR) is 244 cm³/mol. The van der Waals surface area contributed by atoms with Crippen molar-refractivity contribution in [1.29, 1.82) is 5.26 Å². The maximum atomic E-state index is 11.2. The average molecular weight is 769 g/mol. The fraction of sp³-hybridized carbons (Fsp3) is 0.0370. The zero-order valence-electron chi connectivity index (χ0n) is 33.0. The number of aryl methyl sites for hydroxylation is 2. The van der Waals surface area contributed by atoms with Gasteiger partial charge in [-0.25, -0.2) is 15.0 Å². The third-order valence-electron chi connectivity index (χ3n) is 11.5. The molecule has 0 aliphatic rings. The molecule has 60 heavy (non-hydrogen) atoms. The molecule has 0 saturated heterocycles. The van der Waals surface area contributed by atoms with E-state index in [1.165, 1.54) is 21.9 Å². The minimum Gasteiger partial charge on any atom is -0.309 e. The quantitative estimate of drug-likeness (QED) is 0.169. The Morgan fingerprint density at radius 1 is 0.400 bits per heavy atom. The van der Waals surface area contributed by atoms with Crippen molar-refractivity contribution in [1.82, 2.24) is 24.1 Å². The van der Waals surface area contributed by atoms with E-state index in [4.69, 9.17) is 15.0 Å². The molecule has 0 radical (unpaired) electrons. The maximum Gasteiger partial charge on any atom is 0.164 e. The Labute approximate surface area is 346 Å². The van der Waals surface area contributed by atoms with Crippen molar-refractivity contribution in [3.05, 3.63) is 199 Å². The molecule has 0 aliphatic heterocycles. The number of rotatable bonds is 6. The summed E-state index contributed by atoms with van der Waals surface area (Å²) in [6, 6.07) is 65.4. The van der Waals surface area contributed by atoms with Crippen molar-refractivity contribution in [3.63, 3.8) is 0 Å². The highest BCUT2D eigenvalue weighted by atomic mass is 15.0. The van der Waals surface area contributed by atoms with Crippen LogP contribution in [0.2, 0.25) is 0 Å². The molecule has 0 aliphatic carbocycles. The van der Waals surface area contributed by atoms with Gasteiger partial charge in [-0.15, -0.1) is 0 Å². The molecule has 0 saturated carbocycles. The lowest BCUT2D eigenvalue weighted by Gasteiger charge is -2.18. The lowest BCUT2D eigenvalue weighted by atomic mass is 9.93. The van der Waals surface area contributed by atoms with E-state index in [0.717, 1.165) is 72.0 Å². The molecule has 282 valence electrons. The molecule has 0 spiro atoms. The van der Waals surface area contributed by atoms with Crippen LogP contribution in [0.4, 0.5) is 0 Å². The molecule has 0 unspecified atom stereocenters. The van der Waals surface area contributed by atoms with E-state index in [1.54, 1.807) is 0 Å². The van der Waals surface area contributed by atoms with Crippen LogP contribution in [0, 0.1) is 25.2 Å². The smallest absolute Gasteiger partial charge is 0.164 e. The van der Waals surface area contributed by atoms with Gasteiger partial charge in [0.1, 0.15) is 6.07 Å². The highest BCUT2D eigenvalue weighted by Gasteiger charge is 2.23. The van der Waals surface area contributed by atoms with Crippen LogP contribution in [0.5, 0.6) is 0 Å². The van der Waals surface area contributed by atoms with Gasteiger partial charge < -0.3 is 9.13 Å². The van der Waals surface area contributed by atoms with Crippen LogP contribution in [0.25, 0.3) is 100 Å². The summed E-state index contributed by atoms with van der Waals surface area (Å²) in [5.41, 5.74) is 13.2. The number of hydrogen-bond donors (Lipinski definition) is 0. The van der Waals surface area contributed by atoms with Crippen LogP contribution >= 0.6 is 0 Å². The van der Waals surface area contributed by atoms with Crippen LogP contribution in [0.3, 0.4) is 0 Å². The van der Waals surface area contributed by atoms with Crippen LogP contribution in [0.15, 0.2) is 182 Å². The van der Waals surface area contributed by atoms with Crippen molar-refractivity contribution in [2.24, 2.45) is 0 Å². The van der Waals surface area contributed by atoms with Crippen molar-refractivity contribution in [2.75, 3.05) is 0 Å². The first kappa shape index (κ1) is 35.1. The first-order valence-corrected chi connectivity index (χ1v) is 20.1. The van der Waals surface area contributed by atoms with Crippen LogP contribution in [-0.2, 0) is 0 Å². The van der Waals surface area contributed by atoms with Gasteiger partial charge in [0, 0.05) is 49.5 Å². The molecule has 3 heterocycles. The molecule has 6 heteroatoms. The third-order valence-corrected chi connectivity index (χ3v) is 11.5. The van der Waals surface area contributed by atoms with Gasteiger partial charge in [0.2, 0.25) is 0 Å². The van der Waals surface area contributed by atoms with Gasteiger partial charge in [0.25, 0.3) is 0 Å². The molecule has 8 aromatic carbocycles. The second-order valence-corrected chi connectivity index (χ2v) is 15.3. The largest absolute Gasteiger partial charge is 0.309 e. The van der Waals surface area contributed by atoms with E-state index in [2.05, 4.69) is 132 Å². The topological polar surface area (TPSA) is 72.3 Å². The monoisotopic (exact) mass is 768 g/mol. The Morgan fingerprint density at radius 2 is 0.917 bits per heavy atom. The molecule has 11 aromatic rings. The first-order valence-electron chi connectivity index (χ1n) is 20.1. The lowest BCUT2D eigenvalue weighted by Crippen LogP contribution is -2.04. The van der Waals surface area contributed by atoms with Gasteiger partial charge >= 0.3 is 0 Å². The number of benzene rings is 8. The summed E-state index contributed by atoms with van der Waals surface area (Å²) >= 11 is 0. The van der Waals surface area contributed by atoms with Gasteiger partial charge in [-0.2, -0.15) is 5.26 Å². The number of nitrogens with zero attached hydrogens (tertiary/aromatic N) is 6. The minimum atomic E-state index is 0.512. The molecule has 6 nitrogen and oxygen atoms in total. The fourth-order valence-corrected chi connectivity index (χ4v) is 8.80. The maximum absolute atomic E-state index is 11.2. The number of nitriles is 1. The van der Waals surface area contributed by atoms with Gasteiger partial charge in [0.15, 0.2) is 17.5 Å². The Bertz CT molecular complexity index is 3460. The molecule has 0 N–H and O–H groups in total. The van der Waals surface area contributed by atoms with Crippen molar-refractivity contribution < 1.29 is 0 Å². The number of para-hydroxylation sites is 2. The van der Waals surface area contributed by atoms with E-state index >= 15 is 0 Å². The Morgan fingerprint density at radius 3 is 1.52 bits per heavy atom. The fourth-order valence-electron chi connectivity index (χ4n) is 8.80. The average Bonchev–Trinajstić information content (AvgIpc) is 3.81. The molecule has 0 atom stereocenters. The number of hydrogen-bond acceptors (Lipinski definition) is 4. The summed E-state index contributed by atoms with van der Waals surface area (Å²) < 4.78 is 4.54. The van der Waals surface area contributed by atoms with Gasteiger partial charge in [0.05, 0.1) is 33.3 Å². The van der Waals surface area contributed by atoms with Crippen molar-refractivity contribution in [3.8, 4) is 62.7 Å². The predicted octanol–water partition coefficient (Wildman–Crippen LogP) is 13.2. The normalized spacial score (nSPS) is 11.5. The zero-order chi connectivity index (χ0) is 40.3. The van der Waals surface area contributed by atoms with E-state index in [-0.39, 0.29) is 0 Å². The molecule has 0 amide bonds. The summed E-state index contributed by atoms with van der Waals surface area (Å²) in [6.07, 6.45) is 0. The van der Waals surface area contributed by atoms with Gasteiger partial charge in [-0.05, 0) is 74.0 Å². The molecule has 0 fully saturated rings. The Balaban J connectivity index is 1.22. The van der Waals surface area contributed by atoms with Crippen LogP contribution in [-0.4, -0.2) is 24.1 Å². The van der Waals surface area contributed by atoms with Crippen LogP contribution in [0.1, 0.15) is 16.7 Å². The number of fused-ring (bicyclic) bond motifs is 6. The van der Waals surface area contributed by atoms with E-state index < -0.39 is 0 Å². The molecule has 3 aromatic heterocycles. The molecule has 11 rings (SSSR count). The molecule has 0 bridgehead atoms. The lowest BCUT2D eigenvalue weighted by molar-refractivity contribution is 1.07. The summed E-state index contributed by atoms with van der Waals surface area (Å²) in [4.78, 5) is 15.5. The van der Waals surface area contributed by atoms with Crippen molar-refractivity contribution in [2.45, 2.75) is 13.8 Å². The summed E-state index contributed by atoms with van der Waals surface area (Å²) in [6.45, 7) is 4.25. The minimum absolute atomic E-state index is 0.512. The van der Waals surface area contributed by atoms with Crippen LogP contribution < -0.4 is 0 Å². The Hall–Kier alpha value is -8.14. The second-order valence-electron chi connectivity index (χ2n) is 15.3. The van der Waals surface area contributed by atoms with Crippen molar-refractivity contribution >= 4 is 43.6 Å². The summed E-state index contributed by atoms with van der Waals surface area (Å²) in [5.74, 6) is 1.65. The zero-order valence-corrected chi connectivity index (χ0v) is 33.0. The van der Waals surface area contributed by atoms with E-state index in [1.807, 2.05) is 78.9 Å².